The van der Waals surface area contributed by atoms with Crippen LogP contribution in [0.1, 0.15) is 5.69 Å². The first-order chi connectivity index (χ1) is 13.7. The first kappa shape index (κ1) is 18.4. The Bertz CT molecular complexity index is 923. The van der Waals surface area contributed by atoms with Crippen molar-refractivity contribution in [2.45, 2.75) is 6.42 Å². The number of amides is 1. The fourth-order valence-corrected chi connectivity index (χ4v) is 3.84. The molecule has 1 N–H and O–H groups in total. The molecule has 0 unspecified atom stereocenters. The summed E-state index contributed by atoms with van der Waals surface area (Å²) in [5.41, 5.74) is 1.74. The lowest BCUT2D eigenvalue weighted by Crippen LogP contribution is -2.49. The first-order valence-electron chi connectivity index (χ1n) is 9.08. The second kappa shape index (κ2) is 8.35. The summed E-state index contributed by atoms with van der Waals surface area (Å²) in [4.78, 5) is 25.3. The summed E-state index contributed by atoms with van der Waals surface area (Å²) in [6.07, 6.45) is 2.00. The van der Waals surface area contributed by atoms with Crippen molar-refractivity contribution < 1.29 is 9.18 Å². The number of nitrogens with one attached hydrogen (secondary N) is 1. The molecule has 1 aliphatic heterocycles. The fraction of sp³-hybridized carbons (Fsp3) is 0.250. The molecular weight excluding hydrogens is 377 g/mol. The number of rotatable bonds is 5. The highest BCUT2D eigenvalue weighted by Crippen LogP contribution is 2.21. The van der Waals surface area contributed by atoms with Crippen LogP contribution in [0.25, 0.3) is 0 Å². The van der Waals surface area contributed by atoms with Gasteiger partial charge in [0.15, 0.2) is 5.13 Å². The van der Waals surface area contributed by atoms with Crippen LogP contribution in [0.4, 0.5) is 21.0 Å². The molecule has 1 aliphatic rings. The first-order valence-corrected chi connectivity index (χ1v) is 9.96. The number of piperazine rings is 1. The molecule has 28 heavy (non-hydrogen) atoms. The van der Waals surface area contributed by atoms with Crippen LogP contribution in [-0.2, 0) is 11.2 Å². The summed E-state index contributed by atoms with van der Waals surface area (Å²) in [6, 6.07) is 12.1. The zero-order chi connectivity index (χ0) is 19.3. The molecule has 0 bridgehead atoms. The number of halogens is 1. The minimum Gasteiger partial charge on any atom is -0.368 e. The average molecular weight is 397 g/mol. The van der Waals surface area contributed by atoms with Crippen molar-refractivity contribution in [2.75, 3.05) is 36.4 Å². The number of hydrogen-bond donors (Lipinski definition) is 1. The molecule has 0 radical (unpaired) electrons. The van der Waals surface area contributed by atoms with Gasteiger partial charge in [0, 0.05) is 43.4 Å². The zero-order valence-corrected chi connectivity index (χ0v) is 16.0. The third-order valence-electron chi connectivity index (χ3n) is 4.61. The number of benzene rings is 1. The number of aromatic nitrogens is 2. The van der Waals surface area contributed by atoms with E-state index in [9.17, 15) is 9.18 Å². The van der Waals surface area contributed by atoms with E-state index in [1.807, 2.05) is 28.5 Å². The van der Waals surface area contributed by atoms with Gasteiger partial charge >= 0.3 is 0 Å². The van der Waals surface area contributed by atoms with Crippen molar-refractivity contribution in [1.29, 1.82) is 0 Å². The second-order valence-electron chi connectivity index (χ2n) is 6.51. The predicted molar refractivity (Wildman–Crippen MR) is 109 cm³/mol. The maximum atomic E-state index is 13.1. The molecule has 1 amide bonds. The van der Waals surface area contributed by atoms with Gasteiger partial charge in [-0.1, -0.05) is 6.07 Å². The number of pyridine rings is 1. The van der Waals surface area contributed by atoms with Crippen molar-refractivity contribution in [3.05, 3.63) is 65.6 Å². The molecule has 0 aliphatic carbocycles. The van der Waals surface area contributed by atoms with Gasteiger partial charge in [-0.15, -0.1) is 11.3 Å². The molecule has 0 atom stereocenters. The van der Waals surface area contributed by atoms with Crippen LogP contribution in [0.15, 0.2) is 54.0 Å². The standard InChI is InChI=1S/C20H20FN5OS/c21-15-4-6-17(7-5-15)25-9-11-26(12-10-25)19(27)13-16-14-28-20(23-16)24-18-3-1-2-8-22-18/h1-8,14H,9-13H2,(H,22,23,24). The normalized spacial score (nSPS) is 14.2. The van der Waals surface area contributed by atoms with Crippen LogP contribution in [0, 0.1) is 5.82 Å². The van der Waals surface area contributed by atoms with Crippen LogP contribution in [0.2, 0.25) is 0 Å². The molecule has 1 aromatic carbocycles. The molecule has 4 rings (SSSR count). The van der Waals surface area contributed by atoms with Gasteiger partial charge in [0.25, 0.3) is 0 Å². The minimum atomic E-state index is -0.238. The van der Waals surface area contributed by atoms with Gasteiger partial charge in [-0.3, -0.25) is 4.79 Å². The van der Waals surface area contributed by atoms with E-state index < -0.39 is 0 Å². The summed E-state index contributed by atoms with van der Waals surface area (Å²) in [5.74, 6) is 0.567. The molecule has 3 heterocycles. The Morgan fingerprint density at radius 3 is 2.61 bits per heavy atom. The second-order valence-corrected chi connectivity index (χ2v) is 7.36. The van der Waals surface area contributed by atoms with E-state index in [4.69, 9.17) is 0 Å². The Labute approximate surface area is 166 Å². The third-order valence-corrected chi connectivity index (χ3v) is 5.41. The Hall–Kier alpha value is -3.00. The Morgan fingerprint density at radius 2 is 1.89 bits per heavy atom. The largest absolute Gasteiger partial charge is 0.368 e. The van der Waals surface area contributed by atoms with E-state index in [-0.39, 0.29) is 18.1 Å². The van der Waals surface area contributed by atoms with Crippen LogP contribution < -0.4 is 10.2 Å². The number of carbonyl (C=O) groups excluding carboxylic acids is 1. The molecule has 144 valence electrons. The van der Waals surface area contributed by atoms with E-state index in [1.165, 1.54) is 23.5 Å². The van der Waals surface area contributed by atoms with Gasteiger partial charge in [0.2, 0.25) is 5.91 Å². The number of carbonyl (C=O) groups is 1. The molecule has 1 saturated heterocycles. The SMILES string of the molecule is O=C(Cc1csc(Nc2ccccn2)n1)N1CCN(c2ccc(F)cc2)CC1. The topological polar surface area (TPSA) is 61.4 Å². The number of nitrogens with zero attached hydrogens (tertiary/aromatic N) is 4. The minimum absolute atomic E-state index is 0.0773. The molecule has 1 fully saturated rings. The van der Waals surface area contributed by atoms with E-state index in [2.05, 4.69) is 20.2 Å². The van der Waals surface area contributed by atoms with Gasteiger partial charge in [-0.05, 0) is 36.4 Å². The van der Waals surface area contributed by atoms with Gasteiger partial charge in [0.1, 0.15) is 11.6 Å². The number of anilines is 3. The summed E-state index contributed by atoms with van der Waals surface area (Å²) < 4.78 is 13.1. The number of thiazole rings is 1. The van der Waals surface area contributed by atoms with Crippen molar-refractivity contribution in [1.82, 2.24) is 14.9 Å². The molecule has 0 spiro atoms. The van der Waals surface area contributed by atoms with E-state index >= 15 is 0 Å². The fourth-order valence-electron chi connectivity index (χ4n) is 3.12. The summed E-state index contributed by atoms with van der Waals surface area (Å²) >= 11 is 1.46. The molecule has 0 saturated carbocycles. The predicted octanol–water partition coefficient (Wildman–Crippen LogP) is 3.31. The lowest BCUT2D eigenvalue weighted by atomic mass is 10.2. The Kier molecular flexibility index (Phi) is 5.48. The smallest absolute Gasteiger partial charge is 0.228 e. The quantitative estimate of drug-likeness (QED) is 0.716. The van der Waals surface area contributed by atoms with Crippen molar-refractivity contribution in [3.63, 3.8) is 0 Å². The molecule has 6 nitrogen and oxygen atoms in total. The molecule has 8 heteroatoms. The van der Waals surface area contributed by atoms with Crippen molar-refractivity contribution >= 4 is 33.9 Å². The summed E-state index contributed by atoms with van der Waals surface area (Å²) in [7, 11) is 0. The average Bonchev–Trinajstić information content (AvgIpc) is 3.16. The van der Waals surface area contributed by atoms with Crippen LogP contribution in [-0.4, -0.2) is 47.0 Å². The van der Waals surface area contributed by atoms with E-state index in [1.54, 1.807) is 18.3 Å². The third kappa shape index (κ3) is 4.45. The Morgan fingerprint density at radius 1 is 1.11 bits per heavy atom. The monoisotopic (exact) mass is 397 g/mol. The van der Waals surface area contributed by atoms with Crippen LogP contribution in [0.3, 0.4) is 0 Å². The maximum absolute atomic E-state index is 13.1. The van der Waals surface area contributed by atoms with Gasteiger partial charge < -0.3 is 15.1 Å². The number of hydrogen-bond acceptors (Lipinski definition) is 6. The van der Waals surface area contributed by atoms with Crippen LogP contribution >= 0.6 is 11.3 Å². The highest BCUT2D eigenvalue weighted by atomic mass is 32.1. The maximum Gasteiger partial charge on any atom is 0.228 e. The van der Waals surface area contributed by atoms with E-state index in [0.717, 1.165) is 35.4 Å². The van der Waals surface area contributed by atoms with Crippen molar-refractivity contribution in [3.8, 4) is 0 Å². The van der Waals surface area contributed by atoms with E-state index in [0.29, 0.717) is 13.1 Å². The molecule has 2 aromatic heterocycles. The highest BCUT2D eigenvalue weighted by molar-refractivity contribution is 7.13. The van der Waals surface area contributed by atoms with Gasteiger partial charge in [0.05, 0.1) is 12.1 Å². The summed E-state index contributed by atoms with van der Waals surface area (Å²) in [6.45, 7) is 2.78. The van der Waals surface area contributed by atoms with Gasteiger partial charge in [-0.25, -0.2) is 14.4 Å². The lowest BCUT2D eigenvalue weighted by molar-refractivity contribution is -0.130. The Balaban J connectivity index is 1.29. The molecular formula is C20H20FN5OS. The van der Waals surface area contributed by atoms with Crippen molar-refractivity contribution in [2.24, 2.45) is 0 Å². The summed E-state index contributed by atoms with van der Waals surface area (Å²) in [5, 5.41) is 5.77. The van der Waals surface area contributed by atoms with Crippen LogP contribution in [0.5, 0.6) is 0 Å². The highest BCUT2D eigenvalue weighted by Gasteiger charge is 2.22. The molecule has 3 aromatic rings. The lowest BCUT2D eigenvalue weighted by Gasteiger charge is -2.36. The zero-order valence-electron chi connectivity index (χ0n) is 15.2. The van der Waals surface area contributed by atoms with Gasteiger partial charge in [-0.2, -0.15) is 0 Å².